The maximum atomic E-state index is 14.0. The van der Waals surface area contributed by atoms with E-state index in [1.165, 1.54) is 18.2 Å². The molecule has 0 fully saturated rings. The Bertz CT molecular complexity index is 869. The minimum Gasteiger partial charge on any atom is -0.386 e. The fraction of sp³-hybridized carbons (Fsp3) is 0.333. The average molecular weight is 405 g/mol. The number of carbonyl (C=O) groups excluding carboxylic acids is 2. The van der Waals surface area contributed by atoms with Gasteiger partial charge in [-0.25, -0.2) is 4.39 Å². The van der Waals surface area contributed by atoms with E-state index in [0.717, 1.165) is 11.3 Å². The van der Waals surface area contributed by atoms with Crippen molar-refractivity contribution in [3.8, 4) is 0 Å². The Morgan fingerprint density at radius 3 is 2.82 bits per heavy atom. The summed E-state index contributed by atoms with van der Waals surface area (Å²) in [4.78, 5) is 24.5. The van der Waals surface area contributed by atoms with Gasteiger partial charge < -0.3 is 15.7 Å². The predicted octanol–water partition coefficient (Wildman–Crippen LogP) is 3.61. The zero-order valence-electron chi connectivity index (χ0n) is 15.4. The van der Waals surface area contributed by atoms with E-state index < -0.39 is 18.0 Å². The number of benzene rings is 2. The van der Waals surface area contributed by atoms with Gasteiger partial charge in [-0.15, -0.1) is 0 Å². The number of aliphatic hydroxyl groups is 1. The van der Waals surface area contributed by atoms with Crippen molar-refractivity contribution < 1.29 is 19.1 Å². The second kappa shape index (κ2) is 8.71. The highest BCUT2D eigenvalue weighted by Crippen LogP contribution is 2.29. The number of halogens is 2. The largest absolute Gasteiger partial charge is 0.386 e. The Kier molecular flexibility index (Phi) is 6.31. The molecule has 0 radical (unpaired) electrons. The standard InChI is InChI=1S/C21H22ClFN2O3/c1-12(20(27)19-15(22)6-4-7-16(19)23)24-18(26)10-9-14-11-13-5-2-3-8-17(13)25-21(14)28/h2-8,12,14,20,27H,9-11H2,1H3,(H,24,26)(H,25,28). The molecule has 0 aromatic heterocycles. The number of hydrogen-bond donors (Lipinski definition) is 3. The third kappa shape index (κ3) is 4.51. The molecule has 1 aliphatic heterocycles. The Morgan fingerprint density at radius 1 is 1.32 bits per heavy atom. The molecule has 1 aliphatic rings. The van der Waals surface area contributed by atoms with Crippen LogP contribution >= 0.6 is 11.6 Å². The number of para-hydroxylation sites is 1. The topological polar surface area (TPSA) is 78.4 Å². The van der Waals surface area contributed by atoms with Crippen molar-refractivity contribution in [1.82, 2.24) is 5.32 Å². The number of anilines is 1. The van der Waals surface area contributed by atoms with Crippen LogP contribution in [0.4, 0.5) is 10.1 Å². The van der Waals surface area contributed by atoms with Crippen LogP contribution in [0, 0.1) is 11.7 Å². The molecule has 2 aromatic carbocycles. The van der Waals surface area contributed by atoms with Gasteiger partial charge in [0.1, 0.15) is 11.9 Å². The van der Waals surface area contributed by atoms with Gasteiger partial charge in [0.15, 0.2) is 0 Å². The molecule has 3 N–H and O–H groups in total. The van der Waals surface area contributed by atoms with Crippen molar-refractivity contribution in [2.45, 2.75) is 38.3 Å². The van der Waals surface area contributed by atoms with Gasteiger partial charge in [0.05, 0.1) is 6.04 Å². The number of hydrogen-bond acceptors (Lipinski definition) is 3. The fourth-order valence-corrected chi connectivity index (χ4v) is 3.67. The highest BCUT2D eigenvalue weighted by atomic mass is 35.5. The van der Waals surface area contributed by atoms with Crippen molar-refractivity contribution in [3.63, 3.8) is 0 Å². The van der Waals surface area contributed by atoms with Gasteiger partial charge in [-0.3, -0.25) is 9.59 Å². The van der Waals surface area contributed by atoms with Crippen LogP contribution in [0.5, 0.6) is 0 Å². The zero-order valence-corrected chi connectivity index (χ0v) is 16.2. The number of nitrogens with one attached hydrogen (secondary N) is 2. The lowest BCUT2D eigenvalue weighted by Gasteiger charge is -2.25. The Morgan fingerprint density at radius 2 is 2.07 bits per heavy atom. The summed E-state index contributed by atoms with van der Waals surface area (Å²) in [6.45, 7) is 1.58. The molecule has 0 bridgehead atoms. The van der Waals surface area contributed by atoms with Crippen molar-refractivity contribution in [3.05, 3.63) is 64.4 Å². The Balaban J connectivity index is 1.55. The summed E-state index contributed by atoms with van der Waals surface area (Å²) in [6.07, 6.45) is -0.182. The minimum atomic E-state index is -1.28. The maximum Gasteiger partial charge on any atom is 0.227 e. The molecule has 0 saturated heterocycles. The molecule has 7 heteroatoms. The van der Waals surface area contributed by atoms with Crippen LogP contribution in [0.2, 0.25) is 5.02 Å². The predicted molar refractivity (Wildman–Crippen MR) is 105 cm³/mol. The number of fused-ring (bicyclic) bond motifs is 1. The van der Waals surface area contributed by atoms with Gasteiger partial charge in [0.25, 0.3) is 0 Å². The van der Waals surface area contributed by atoms with Crippen molar-refractivity contribution >= 4 is 29.1 Å². The van der Waals surface area contributed by atoms with E-state index in [1.54, 1.807) is 6.92 Å². The van der Waals surface area contributed by atoms with Crippen LogP contribution in [-0.4, -0.2) is 23.0 Å². The summed E-state index contributed by atoms with van der Waals surface area (Å²) in [5.74, 6) is -1.33. The Hall–Kier alpha value is -2.44. The molecule has 148 valence electrons. The van der Waals surface area contributed by atoms with Crippen molar-refractivity contribution in [1.29, 1.82) is 0 Å². The lowest BCUT2D eigenvalue weighted by atomic mass is 9.89. The molecule has 0 spiro atoms. The van der Waals surface area contributed by atoms with Gasteiger partial charge in [-0.2, -0.15) is 0 Å². The number of carbonyl (C=O) groups is 2. The lowest BCUT2D eigenvalue weighted by molar-refractivity contribution is -0.123. The minimum absolute atomic E-state index is 0.0415. The molecule has 3 rings (SSSR count). The summed E-state index contributed by atoms with van der Waals surface area (Å²) < 4.78 is 14.0. The number of aliphatic hydroxyl groups excluding tert-OH is 1. The molecule has 28 heavy (non-hydrogen) atoms. The van der Waals surface area contributed by atoms with E-state index in [4.69, 9.17) is 11.6 Å². The van der Waals surface area contributed by atoms with E-state index in [2.05, 4.69) is 10.6 Å². The maximum absolute atomic E-state index is 14.0. The van der Waals surface area contributed by atoms with E-state index in [0.29, 0.717) is 12.8 Å². The molecule has 3 unspecified atom stereocenters. The third-order valence-electron chi connectivity index (χ3n) is 4.99. The first kappa shape index (κ1) is 20.3. The third-order valence-corrected chi connectivity index (χ3v) is 5.32. The summed E-state index contributed by atoms with van der Waals surface area (Å²) in [5, 5.41) is 16.0. The second-order valence-electron chi connectivity index (χ2n) is 7.02. The summed E-state index contributed by atoms with van der Waals surface area (Å²) in [6, 6.07) is 11.0. The van der Waals surface area contributed by atoms with Gasteiger partial charge >= 0.3 is 0 Å². The van der Waals surface area contributed by atoms with Gasteiger partial charge in [-0.05, 0) is 43.5 Å². The molecule has 5 nitrogen and oxygen atoms in total. The highest BCUT2D eigenvalue weighted by molar-refractivity contribution is 6.31. The summed E-state index contributed by atoms with van der Waals surface area (Å²) in [7, 11) is 0. The molecule has 0 saturated carbocycles. The van der Waals surface area contributed by atoms with Crippen LogP contribution in [0.25, 0.3) is 0 Å². The monoisotopic (exact) mass is 404 g/mol. The number of amides is 2. The SMILES string of the molecule is CC(NC(=O)CCC1Cc2ccccc2NC1=O)C(O)c1c(F)cccc1Cl. The molecule has 1 heterocycles. The van der Waals surface area contributed by atoms with E-state index in [-0.39, 0.29) is 34.7 Å². The fourth-order valence-electron chi connectivity index (χ4n) is 3.40. The van der Waals surface area contributed by atoms with Crippen molar-refractivity contribution in [2.24, 2.45) is 5.92 Å². The average Bonchev–Trinajstić information content (AvgIpc) is 2.66. The Labute approximate surface area is 167 Å². The van der Waals surface area contributed by atoms with Crippen LogP contribution in [0.15, 0.2) is 42.5 Å². The lowest BCUT2D eigenvalue weighted by Crippen LogP contribution is -2.38. The molecular formula is C21H22ClFN2O3. The number of rotatable bonds is 6. The van der Waals surface area contributed by atoms with Gasteiger partial charge in [0.2, 0.25) is 11.8 Å². The first-order valence-corrected chi connectivity index (χ1v) is 9.54. The van der Waals surface area contributed by atoms with Crippen LogP contribution in [0.3, 0.4) is 0 Å². The molecule has 3 atom stereocenters. The molecular weight excluding hydrogens is 383 g/mol. The van der Waals surface area contributed by atoms with Gasteiger partial charge in [-0.1, -0.05) is 35.9 Å². The van der Waals surface area contributed by atoms with E-state index in [1.807, 2.05) is 24.3 Å². The van der Waals surface area contributed by atoms with Crippen molar-refractivity contribution in [2.75, 3.05) is 5.32 Å². The first-order chi connectivity index (χ1) is 13.4. The highest BCUT2D eigenvalue weighted by Gasteiger charge is 2.27. The zero-order chi connectivity index (χ0) is 20.3. The van der Waals surface area contributed by atoms with Crippen LogP contribution in [-0.2, 0) is 16.0 Å². The second-order valence-corrected chi connectivity index (χ2v) is 7.43. The molecule has 0 aliphatic carbocycles. The van der Waals surface area contributed by atoms with E-state index in [9.17, 15) is 19.1 Å². The summed E-state index contributed by atoms with van der Waals surface area (Å²) >= 11 is 5.97. The summed E-state index contributed by atoms with van der Waals surface area (Å²) in [5.41, 5.74) is 1.82. The molecule has 2 aromatic rings. The smallest absolute Gasteiger partial charge is 0.227 e. The van der Waals surface area contributed by atoms with Crippen LogP contribution in [0.1, 0.15) is 37.0 Å². The molecule has 2 amide bonds. The van der Waals surface area contributed by atoms with Gasteiger partial charge in [0, 0.05) is 28.6 Å². The normalized spacial score (nSPS) is 18.0. The quantitative estimate of drug-likeness (QED) is 0.688. The first-order valence-electron chi connectivity index (χ1n) is 9.17. The van der Waals surface area contributed by atoms with Crippen LogP contribution < -0.4 is 10.6 Å². The van der Waals surface area contributed by atoms with E-state index >= 15 is 0 Å².